The highest BCUT2D eigenvalue weighted by Gasteiger charge is 2.11. The molecule has 1 rings (SSSR count). The van der Waals surface area contributed by atoms with Gasteiger partial charge < -0.3 is 10.6 Å². The van der Waals surface area contributed by atoms with Crippen molar-refractivity contribution in [3.63, 3.8) is 0 Å². The van der Waals surface area contributed by atoms with E-state index in [1.165, 1.54) is 0 Å². The zero-order valence-electron chi connectivity index (χ0n) is 11.9. The number of benzene rings is 1. The molecule has 0 bridgehead atoms. The van der Waals surface area contributed by atoms with E-state index in [4.69, 9.17) is 11.6 Å². The number of rotatable bonds is 7. The van der Waals surface area contributed by atoms with Crippen LogP contribution in [0.1, 0.15) is 44.0 Å². The van der Waals surface area contributed by atoms with E-state index in [2.05, 4.69) is 31.4 Å². The van der Waals surface area contributed by atoms with Crippen molar-refractivity contribution in [3.8, 4) is 0 Å². The van der Waals surface area contributed by atoms with Gasteiger partial charge in [0, 0.05) is 23.8 Å². The Morgan fingerprint density at radius 1 is 1.32 bits per heavy atom. The van der Waals surface area contributed by atoms with E-state index in [-0.39, 0.29) is 5.91 Å². The Morgan fingerprint density at radius 2 is 2.05 bits per heavy atom. The molecule has 0 aliphatic rings. The predicted octanol–water partition coefficient (Wildman–Crippen LogP) is 3.94. The molecule has 0 fully saturated rings. The van der Waals surface area contributed by atoms with E-state index in [9.17, 15) is 4.79 Å². The van der Waals surface area contributed by atoms with Gasteiger partial charge in [0.2, 0.25) is 0 Å². The molecule has 0 aliphatic heterocycles. The lowest BCUT2D eigenvalue weighted by Gasteiger charge is -2.13. The summed E-state index contributed by atoms with van der Waals surface area (Å²) in [5.74, 6) is 0.513. The minimum absolute atomic E-state index is 0.0678. The minimum Gasteiger partial charge on any atom is -0.384 e. The van der Waals surface area contributed by atoms with Gasteiger partial charge in [-0.3, -0.25) is 4.79 Å². The number of hydrogen-bond acceptors (Lipinski definition) is 2. The Bertz CT molecular complexity index is 419. The first-order valence-corrected chi connectivity index (χ1v) is 7.24. The average molecular weight is 283 g/mol. The molecule has 0 atom stereocenters. The summed E-state index contributed by atoms with van der Waals surface area (Å²) in [5.41, 5.74) is 1.46. The number of amides is 1. The molecule has 0 unspecified atom stereocenters. The third-order valence-electron chi connectivity index (χ3n) is 2.80. The van der Waals surface area contributed by atoms with Gasteiger partial charge in [0.25, 0.3) is 5.91 Å². The second kappa shape index (κ2) is 8.05. The Balaban J connectivity index is 2.72. The summed E-state index contributed by atoms with van der Waals surface area (Å²) in [6.07, 6.45) is 1.99. The number of halogens is 1. The van der Waals surface area contributed by atoms with E-state index >= 15 is 0 Å². The molecular formula is C15H23ClN2O. The van der Waals surface area contributed by atoms with Crippen LogP contribution in [0.2, 0.25) is 5.02 Å². The van der Waals surface area contributed by atoms with Gasteiger partial charge >= 0.3 is 0 Å². The maximum absolute atomic E-state index is 12.2. The van der Waals surface area contributed by atoms with Crippen LogP contribution in [-0.2, 0) is 0 Å². The molecule has 0 heterocycles. The SMILES string of the molecule is CCCNc1ccc(Cl)cc1C(=O)NCCC(C)C. The smallest absolute Gasteiger partial charge is 0.253 e. The van der Waals surface area contributed by atoms with Crippen LogP contribution in [0, 0.1) is 5.92 Å². The summed E-state index contributed by atoms with van der Waals surface area (Å²) in [6, 6.07) is 5.37. The van der Waals surface area contributed by atoms with Gasteiger partial charge in [-0.2, -0.15) is 0 Å². The number of carbonyl (C=O) groups is 1. The molecular weight excluding hydrogens is 260 g/mol. The van der Waals surface area contributed by atoms with E-state index in [0.717, 1.165) is 25.1 Å². The van der Waals surface area contributed by atoms with Crippen molar-refractivity contribution in [1.82, 2.24) is 5.32 Å². The van der Waals surface area contributed by atoms with Crippen LogP contribution < -0.4 is 10.6 Å². The lowest BCUT2D eigenvalue weighted by molar-refractivity contribution is 0.0953. The van der Waals surface area contributed by atoms with Gasteiger partial charge in [-0.1, -0.05) is 32.4 Å². The highest BCUT2D eigenvalue weighted by atomic mass is 35.5. The van der Waals surface area contributed by atoms with Crippen molar-refractivity contribution >= 4 is 23.2 Å². The van der Waals surface area contributed by atoms with E-state index in [1.807, 2.05) is 6.07 Å². The second-order valence-corrected chi connectivity index (χ2v) is 5.49. The molecule has 2 N–H and O–H groups in total. The Hall–Kier alpha value is -1.22. The number of hydrogen-bond donors (Lipinski definition) is 2. The standard InChI is InChI=1S/C15H23ClN2O/c1-4-8-17-14-6-5-12(16)10-13(14)15(19)18-9-7-11(2)3/h5-6,10-11,17H,4,7-9H2,1-3H3,(H,18,19). The highest BCUT2D eigenvalue weighted by Crippen LogP contribution is 2.20. The quantitative estimate of drug-likeness (QED) is 0.795. The molecule has 1 amide bonds. The minimum atomic E-state index is -0.0678. The molecule has 0 saturated heterocycles. The molecule has 4 heteroatoms. The zero-order chi connectivity index (χ0) is 14.3. The highest BCUT2D eigenvalue weighted by molar-refractivity contribution is 6.31. The van der Waals surface area contributed by atoms with Gasteiger partial charge in [-0.25, -0.2) is 0 Å². The molecule has 0 radical (unpaired) electrons. The Morgan fingerprint density at radius 3 is 2.68 bits per heavy atom. The monoisotopic (exact) mass is 282 g/mol. The summed E-state index contributed by atoms with van der Waals surface area (Å²) in [7, 11) is 0. The summed E-state index contributed by atoms with van der Waals surface area (Å²) >= 11 is 5.97. The van der Waals surface area contributed by atoms with Crippen LogP contribution in [0.3, 0.4) is 0 Å². The van der Waals surface area contributed by atoms with Crippen molar-refractivity contribution in [1.29, 1.82) is 0 Å². The van der Waals surface area contributed by atoms with Crippen LogP contribution in [0.25, 0.3) is 0 Å². The number of carbonyl (C=O) groups excluding carboxylic acids is 1. The van der Waals surface area contributed by atoms with Crippen LogP contribution in [-0.4, -0.2) is 19.0 Å². The van der Waals surface area contributed by atoms with Crippen molar-refractivity contribution in [2.75, 3.05) is 18.4 Å². The molecule has 0 aromatic heterocycles. The van der Waals surface area contributed by atoms with Crippen LogP contribution >= 0.6 is 11.6 Å². The first-order valence-electron chi connectivity index (χ1n) is 6.86. The van der Waals surface area contributed by atoms with Crippen molar-refractivity contribution < 1.29 is 4.79 Å². The first-order chi connectivity index (χ1) is 9.04. The van der Waals surface area contributed by atoms with Crippen molar-refractivity contribution in [2.45, 2.75) is 33.6 Å². The summed E-state index contributed by atoms with van der Waals surface area (Å²) in [4.78, 5) is 12.2. The topological polar surface area (TPSA) is 41.1 Å². The Labute approximate surface area is 120 Å². The number of nitrogens with one attached hydrogen (secondary N) is 2. The lowest BCUT2D eigenvalue weighted by atomic mass is 10.1. The van der Waals surface area contributed by atoms with Crippen LogP contribution in [0.4, 0.5) is 5.69 Å². The van der Waals surface area contributed by atoms with Crippen LogP contribution in [0.5, 0.6) is 0 Å². The summed E-state index contributed by atoms with van der Waals surface area (Å²) < 4.78 is 0. The molecule has 1 aromatic carbocycles. The fourth-order valence-electron chi connectivity index (χ4n) is 1.69. The average Bonchev–Trinajstić information content (AvgIpc) is 2.36. The zero-order valence-corrected chi connectivity index (χ0v) is 12.7. The summed E-state index contributed by atoms with van der Waals surface area (Å²) in [5, 5.41) is 6.77. The normalized spacial score (nSPS) is 10.6. The van der Waals surface area contributed by atoms with Crippen LogP contribution in [0.15, 0.2) is 18.2 Å². The van der Waals surface area contributed by atoms with E-state index in [0.29, 0.717) is 23.0 Å². The second-order valence-electron chi connectivity index (χ2n) is 5.06. The maximum Gasteiger partial charge on any atom is 0.253 e. The number of anilines is 1. The molecule has 0 saturated carbocycles. The van der Waals surface area contributed by atoms with Gasteiger partial charge in [-0.05, 0) is 37.0 Å². The third-order valence-corrected chi connectivity index (χ3v) is 3.03. The Kier molecular flexibility index (Phi) is 6.71. The largest absolute Gasteiger partial charge is 0.384 e. The molecule has 3 nitrogen and oxygen atoms in total. The fraction of sp³-hybridized carbons (Fsp3) is 0.533. The first kappa shape index (κ1) is 15.8. The summed E-state index contributed by atoms with van der Waals surface area (Å²) in [6.45, 7) is 7.90. The van der Waals surface area contributed by atoms with Gasteiger partial charge in [-0.15, -0.1) is 0 Å². The van der Waals surface area contributed by atoms with Gasteiger partial charge in [0.1, 0.15) is 0 Å². The van der Waals surface area contributed by atoms with Crippen molar-refractivity contribution in [3.05, 3.63) is 28.8 Å². The van der Waals surface area contributed by atoms with E-state index in [1.54, 1.807) is 12.1 Å². The van der Waals surface area contributed by atoms with E-state index < -0.39 is 0 Å². The molecule has 1 aromatic rings. The lowest BCUT2D eigenvalue weighted by Crippen LogP contribution is -2.26. The molecule has 106 valence electrons. The third kappa shape index (κ3) is 5.52. The van der Waals surface area contributed by atoms with Crippen molar-refractivity contribution in [2.24, 2.45) is 5.92 Å². The predicted molar refractivity (Wildman–Crippen MR) is 82.0 cm³/mol. The van der Waals surface area contributed by atoms with Gasteiger partial charge in [0.15, 0.2) is 0 Å². The molecule has 0 aliphatic carbocycles. The maximum atomic E-state index is 12.2. The molecule has 0 spiro atoms. The fourth-order valence-corrected chi connectivity index (χ4v) is 1.86. The molecule has 19 heavy (non-hydrogen) atoms. The van der Waals surface area contributed by atoms with Gasteiger partial charge in [0.05, 0.1) is 5.56 Å².